The maximum absolute atomic E-state index is 13.1. The monoisotopic (exact) mass is 451 g/mol. The van der Waals surface area contributed by atoms with Crippen LogP contribution in [0.1, 0.15) is 6.42 Å². The molecule has 0 unspecified atom stereocenters. The summed E-state index contributed by atoms with van der Waals surface area (Å²) in [5, 5.41) is 1.08. The average Bonchev–Trinajstić information content (AvgIpc) is 3.16. The van der Waals surface area contributed by atoms with E-state index < -0.39 is 0 Å². The molecule has 0 saturated heterocycles. The van der Waals surface area contributed by atoms with Gasteiger partial charge in [0.05, 0.1) is 16.8 Å². The first kappa shape index (κ1) is 22.3. The summed E-state index contributed by atoms with van der Waals surface area (Å²) in [6.07, 6.45) is 0.760. The van der Waals surface area contributed by atoms with Crippen LogP contribution in [0.5, 0.6) is 11.5 Å². The number of anilines is 1. The van der Waals surface area contributed by atoms with Gasteiger partial charge in [-0.15, -0.1) is 0 Å². The van der Waals surface area contributed by atoms with Crippen LogP contribution in [0.25, 0.3) is 10.2 Å². The molecule has 0 N–H and O–H groups in total. The summed E-state index contributed by atoms with van der Waals surface area (Å²) >= 11 is 7.67. The van der Waals surface area contributed by atoms with Gasteiger partial charge in [0.15, 0.2) is 11.7 Å². The van der Waals surface area contributed by atoms with E-state index >= 15 is 0 Å². The number of thiazole rings is 1. The zero-order chi connectivity index (χ0) is 21.7. The Morgan fingerprint density at radius 3 is 2.57 bits per heavy atom. The number of fused-ring (bicyclic) bond motifs is 1. The van der Waals surface area contributed by atoms with Crippen LogP contribution in [-0.4, -0.2) is 56.7 Å². The van der Waals surface area contributed by atoms with E-state index in [4.69, 9.17) is 21.1 Å². The van der Waals surface area contributed by atoms with Gasteiger partial charge in [0.1, 0.15) is 22.8 Å². The van der Waals surface area contributed by atoms with Gasteiger partial charge >= 0.3 is 0 Å². The van der Waals surface area contributed by atoms with Crippen molar-refractivity contribution in [3.8, 4) is 11.5 Å². The first-order valence-corrected chi connectivity index (χ1v) is 10.5. The Morgan fingerprint density at radius 1 is 1.17 bits per heavy atom. The molecule has 3 rings (SSSR count). The molecule has 160 valence electrons. The molecule has 2 aromatic carbocycles. The molecule has 0 radical (unpaired) electrons. The number of carbonyl (C=O) groups is 1. The number of carbonyl (C=O) groups excluding carboxylic acids is 1. The van der Waals surface area contributed by atoms with Crippen molar-refractivity contribution in [3.05, 3.63) is 47.2 Å². The van der Waals surface area contributed by atoms with Crippen LogP contribution in [-0.2, 0) is 4.79 Å². The van der Waals surface area contributed by atoms with Gasteiger partial charge in [-0.25, -0.2) is 9.37 Å². The van der Waals surface area contributed by atoms with Crippen molar-refractivity contribution >= 4 is 44.2 Å². The Morgan fingerprint density at radius 2 is 1.90 bits per heavy atom. The summed E-state index contributed by atoms with van der Waals surface area (Å²) < 4.78 is 24.8. The lowest BCUT2D eigenvalue weighted by atomic mass is 10.3. The normalized spacial score (nSPS) is 11.1. The highest BCUT2D eigenvalue weighted by Gasteiger charge is 2.22. The Hall–Kier alpha value is -2.42. The van der Waals surface area contributed by atoms with E-state index in [0.29, 0.717) is 33.7 Å². The van der Waals surface area contributed by atoms with Gasteiger partial charge in [0.2, 0.25) is 0 Å². The van der Waals surface area contributed by atoms with Crippen molar-refractivity contribution in [3.63, 3.8) is 0 Å². The zero-order valence-electron chi connectivity index (χ0n) is 17.0. The van der Waals surface area contributed by atoms with E-state index in [0.717, 1.165) is 17.7 Å². The van der Waals surface area contributed by atoms with Gasteiger partial charge in [-0.2, -0.15) is 0 Å². The van der Waals surface area contributed by atoms with Crippen LogP contribution in [0.4, 0.5) is 9.52 Å². The molecule has 0 bridgehead atoms. The topological polar surface area (TPSA) is 54.9 Å². The lowest BCUT2D eigenvalue weighted by Crippen LogP contribution is -2.36. The summed E-state index contributed by atoms with van der Waals surface area (Å²) in [7, 11) is 5.52. The number of amides is 1. The molecule has 0 spiro atoms. The quantitative estimate of drug-likeness (QED) is 0.480. The smallest absolute Gasteiger partial charge is 0.266 e. The van der Waals surface area contributed by atoms with Crippen LogP contribution in [0.2, 0.25) is 5.02 Å². The SMILES string of the molecule is COc1ccc(Cl)c2sc(N(CCCN(C)C)C(=O)COc3ccc(F)cc3)nc12. The first-order valence-electron chi connectivity index (χ1n) is 9.35. The minimum atomic E-state index is -0.362. The maximum atomic E-state index is 13.1. The first-order chi connectivity index (χ1) is 14.4. The summed E-state index contributed by atoms with van der Waals surface area (Å²) in [5.74, 6) is 0.415. The standard InChI is InChI=1S/C21H23ClFN3O3S/c1-25(2)11-4-12-26(18(27)13-29-15-7-5-14(23)6-8-15)21-24-19-17(28-3)10-9-16(22)20(19)30-21/h5-10H,4,11-13H2,1-3H3. The van der Waals surface area contributed by atoms with Crippen molar-refractivity contribution < 1.29 is 18.7 Å². The molecular weight excluding hydrogens is 429 g/mol. The minimum absolute atomic E-state index is 0.186. The fourth-order valence-corrected chi connectivity index (χ4v) is 4.15. The van der Waals surface area contributed by atoms with Crippen molar-refractivity contribution in [1.29, 1.82) is 0 Å². The van der Waals surface area contributed by atoms with Crippen molar-refractivity contribution in [2.45, 2.75) is 6.42 Å². The predicted molar refractivity (Wildman–Crippen MR) is 119 cm³/mol. The van der Waals surface area contributed by atoms with E-state index in [1.165, 1.54) is 35.6 Å². The van der Waals surface area contributed by atoms with Gasteiger partial charge < -0.3 is 14.4 Å². The second kappa shape index (κ2) is 10.1. The van der Waals surface area contributed by atoms with Crippen molar-refractivity contribution in [1.82, 2.24) is 9.88 Å². The van der Waals surface area contributed by atoms with Gasteiger partial charge in [-0.1, -0.05) is 22.9 Å². The summed E-state index contributed by atoms with van der Waals surface area (Å²) in [5.41, 5.74) is 0.620. The number of benzene rings is 2. The van der Waals surface area contributed by atoms with Crippen molar-refractivity contribution in [2.24, 2.45) is 0 Å². The second-order valence-corrected chi connectivity index (χ2v) is 8.25. The Balaban J connectivity index is 1.84. The molecular formula is C21H23ClFN3O3S. The van der Waals surface area contributed by atoms with Crippen LogP contribution in [0, 0.1) is 5.82 Å². The van der Waals surface area contributed by atoms with Gasteiger partial charge in [0, 0.05) is 6.54 Å². The summed E-state index contributed by atoms with van der Waals surface area (Å²) in [4.78, 5) is 21.3. The lowest BCUT2D eigenvalue weighted by molar-refractivity contribution is -0.120. The highest BCUT2D eigenvalue weighted by molar-refractivity contribution is 7.23. The number of hydrogen-bond acceptors (Lipinski definition) is 6. The second-order valence-electron chi connectivity index (χ2n) is 6.87. The molecule has 3 aromatic rings. The number of halogens is 2. The number of methoxy groups -OCH3 is 1. The highest BCUT2D eigenvalue weighted by Crippen LogP contribution is 2.38. The fourth-order valence-electron chi connectivity index (χ4n) is 2.85. The molecule has 6 nitrogen and oxygen atoms in total. The molecule has 1 amide bonds. The zero-order valence-corrected chi connectivity index (χ0v) is 18.6. The van der Waals surface area contributed by atoms with Crippen LogP contribution in [0.3, 0.4) is 0 Å². The maximum Gasteiger partial charge on any atom is 0.266 e. The third-order valence-electron chi connectivity index (χ3n) is 4.36. The molecule has 0 aliphatic carbocycles. The third kappa shape index (κ3) is 5.38. The summed E-state index contributed by atoms with van der Waals surface area (Å²) in [6, 6.07) is 9.06. The molecule has 0 aliphatic heterocycles. The fraction of sp³-hybridized carbons (Fsp3) is 0.333. The average molecular weight is 452 g/mol. The Labute approximate surface area is 183 Å². The number of ether oxygens (including phenoxy) is 2. The molecule has 0 aliphatic rings. The van der Waals surface area contributed by atoms with Crippen molar-refractivity contribution in [2.75, 3.05) is 45.8 Å². The third-order valence-corrected chi connectivity index (χ3v) is 5.90. The number of aromatic nitrogens is 1. The predicted octanol–water partition coefficient (Wildman–Crippen LogP) is 4.46. The molecule has 0 atom stereocenters. The van der Waals surface area contributed by atoms with Crippen LogP contribution >= 0.6 is 22.9 Å². The van der Waals surface area contributed by atoms with Gasteiger partial charge in [-0.05, 0) is 63.5 Å². The van der Waals surface area contributed by atoms with Crippen LogP contribution in [0.15, 0.2) is 36.4 Å². The van der Waals surface area contributed by atoms with E-state index in [1.54, 1.807) is 24.1 Å². The number of nitrogens with zero attached hydrogens (tertiary/aromatic N) is 3. The molecule has 0 fully saturated rings. The molecule has 1 heterocycles. The van der Waals surface area contributed by atoms with E-state index in [2.05, 4.69) is 9.88 Å². The van der Waals surface area contributed by atoms with Gasteiger partial charge in [0.25, 0.3) is 5.91 Å². The highest BCUT2D eigenvalue weighted by atomic mass is 35.5. The Kier molecular flexibility index (Phi) is 7.47. The molecule has 9 heteroatoms. The van der Waals surface area contributed by atoms with Crippen LogP contribution < -0.4 is 14.4 Å². The molecule has 30 heavy (non-hydrogen) atoms. The van der Waals surface area contributed by atoms with E-state index in [1.807, 2.05) is 14.1 Å². The van der Waals surface area contributed by atoms with Gasteiger partial charge in [-0.3, -0.25) is 9.69 Å². The Bertz CT molecular complexity index is 1010. The van der Waals surface area contributed by atoms with E-state index in [9.17, 15) is 9.18 Å². The minimum Gasteiger partial charge on any atom is -0.494 e. The number of hydrogen-bond donors (Lipinski definition) is 0. The molecule has 1 aromatic heterocycles. The van der Waals surface area contributed by atoms with E-state index in [-0.39, 0.29) is 18.3 Å². The lowest BCUT2D eigenvalue weighted by Gasteiger charge is -2.21. The largest absolute Gasteiger partial charge is 0.494 e. The number of rotatable bonds is 9. The summed E-state index contributed by atoms with van der Waals surface area (Å²) in [6.45, 7) is 1.11. The molecule has 0 saturated carbocycles.